The number of carbonyl (C=O) groups excluding carboxylic acids is 1. The Kier molecular flexibility index (Phi) is 2.65. The Hall–Kier alpha value is -1.10. The number of guanidine groups is 1. The van der Waals surface area contributed by atoms with Crippen LogP contribution in [0.4, 0.5) is 0 Å². The van der Waals surface area contributed by atoms with E-state index in [-0.39, 0.29) is 5.91 Å². The second kappa shape index (κ2) is 3.81. The topological polar surface area (TPSA) is 56.7 Å². The van der Waals surface area contributed by atoms with Gasteiger partial charge in [-0.05, 0) is 33.4 Å². The fourth-order valence-electron chi connectivity index (χ4n) is 2.34. The van der Waals surface area contributed by atoms with Gasteiger partial charge in [-0.25, -0.2) is 0 Å². The second-order valence-corrected chi connectivity index (χ2v) is 4.33. The van der Waals surface area contributed by atoms with E-state index in [1.54, 1.807) is 0 Å². The summed E-state index contributed by atoms with van der Waals surface area (Å²) in [6, 6.07) is 0. The number of amides is 1. The van der Waals surface area contributed by atoms with Crippen LogP contribution >= 0.6 is 0 Å². The lowest BCUT2D eigenvalue weighted by Gasteiger charge is -2.36. The van der Waals surface area contributed by atoms with E-state index in [1.165, 1.54) is 0 Å². The fraction of sp³-hybridized carbons (Fsp3) is 0.800. The SMILES string of the molecule is CCN=C1NC(=O)C2(CCCN(C)C2)N1. The van der Waals surface area contributed by atoms with Crippen LogP contribution < -0.4 is 10.6 Å². The van der Waals surface area contributed by atoms with Crippen LogP contribution in [0.5, 0.6) is 0 Å². The van der Waals surface area contributed by atoms with E-state index in [2.05, 4.69) is 20.5 Å². The summed E-state index contributed by atoms with van der Waals surface area (Å²) in [7, 11) is 2.05. The Labute approximate surface area is 89.9 Å². The maximum atomic E-state index is 11.9. The highest BCUT2D eigenvalue weighted by Gasteiger charge is 2.46. The minimum atomic E-state index is -0.430. The molecule has 0 aromatic heterocycles. The average Bonchev–Trinajstić information content (AvgIpc) is 2.43. The van der Waals surface area contributed by atoms with Crippen LogP contribution in [0.3, 0.4) is 0 Å². The van der Waals surface area contributed by atoms with Gasteiger partial charge < -0.3 is 10.2 Å². The Balaban J connectivity index is 2.15. The van der Waals surface area contributed by atoms with Gasteiger partial charge in [0.25, 0.3) is 5.91 Å². The summed E-state index contributed by atoms with van der Waals surface area (Å²) in [5.74, 6) is 0.707. The van der Waals surface area contributed by atoms with Crippen molar-refractivity contribution in [1.82, 2.24) is 15.5 Å². The Morgan fingerprint density at radius 3 is 3.07 bits per heavy atom. The molecule has 5 heteroatoms. The van der Waals surface area contributed by atoms with Crippen LogP contribution in [0.2, 0.25) is 0 Å². The molecule has 0 aromatic rings. The normalized spacial score (nSPS) is 34.5. The summed E-state index contributed by atoms with van der Waals surface area (Å²) in [5, 5.41) is 6.04. The molecule has 2 aliphatic rings. The van der Waals surface area contributed by atoms with Gasteiger partial charge in [0, 0.05) is 13.1 Å². The smallest absolute Gasteiger partial charge is 0.253 e. The van der Waals surface area contributed by atoms with E-state index in [0.29, 0.717) is 12.5 Å². The van der Waals surface area contributed by atoms with Gasteiger partial charge >= 0.3 is 0 Å². The zero-order valence-corrected chi connectivity index (χ0v) is 9.34. The lowest BCUT2D eigenvalue weighted by atomic mass is 9.89. The van der Waals surface area contributed by atoms with Crippen molar-refractivity contribution >= 4 is 11.9 Å². The molecule has 2 rings (SSSR count). The largest absolute Gasteiger partial charge is 0.341 e. The number of aliphatic imine (C=N–C) groups is 1. The Bertz CT molecular complexity index is 302. The molecule has 0 bridgehead atoms. The number of nitrogens with zero attached hydrogens (tertiary/aromatic N) is 2. The van der Waals surface area contributed by atoms with Crippen LogP contribution in [0.15, 0.2) is 4.99 Å². The van der Waals surface area contributed by atoms with E-state index >= 15 is 0 Å². The molecule has 2 heterocycles. The standard InChI is InChI=1S/C10H18N4O/c1-3-11-9-12-8(15)10(13-9)5-4-6-14(2)7-10/h3-7H2,1-2H3,(H2,11,12,13,15). The number of carbonyl (C=O) groups is 1. The van der Waals surface area contributed by atoms with Crippen LogP contribution in [0, 0.1) is 0 Å². The molecule has 0 saturated carbocycles. The molecule has 2 aliphatic heterocycles. The van der Waals surface area contributed by atoms with Crippen LogP contribution in [-0.4, -0.2) is 49.0 Å². The Morgan fingerprint density at radius 2 is 2.40 bits per heavy atom. The van der Waals surface area contributed by atoms with Crippen molar-refractivity contribution in [3.8, 4) is 0 Å². The maximum Gasteiger partial charge on any atom is 0.253 e. The quantitative estimate of drug-likeness (QED) is 0.616. The van der Waals surface area contributed by atoms with E-state index in [9.17, 15) is 4.79 Å². The first-order valence-corrected chi connectivity index (χ1v) is 5.49. The summed E-state index contributed by atoms with van der Waals surface area (Å²) in [4.78, 5) is 18.3. The molecule has 1 atom stereocenters. The molecular weight excluding hydrogens is 192 g/mol. The Morgan fingerprint density at radius 1 is 1.60 bits per heavy atom. The molecule has 1 unspecified atom stereocenters. The number of hydrogen-bond donors (Lipinski definition) is 2. The van der Waals surface area contributed by atoms with E-state index in [1.807, 2.05) is 14.0 Å². The number of nitrogens with one attached hydrogen (secondary N) is 2. The van der Waals surface area contributed by atoms with Crippen LogP contribution in [0.1, 0.15) is 19.8 Å². The van der Waals surface area contributed by atoms with Crippen molar-refractivity contribution in [2.24, 2.45) is 4.99 Å². The van der Waals surface area contributed by atoms with Gasteiger partial charge in [-0.2, -0.15) is 0 Å². The van der Waals surface area contributed by atoms with Gasteiger partial charge in [-0.1, -0.05) is 0 Å². The highest BCUT2D eigenvalue weighted by molar-refractivity contribution is 6.09. The van der Waals surface area contributed by atoms with Crippen LogP contribution in [0.25, 0.3) is 0 Å². The van der Waals surface area contributed by atoms with Crippen molar-refractivity contribution in [3.05, 3.63) is 0 Å². The molecule has 0 radical (unpaired) electrons. The van der Waals surface area contributed by atoms with Crippen molar-refractivity contribution in [3.63, 3.8) is 0 Å². The monoisotopic (exact) mass is 210 g/mol. The number of likely N-dealkylation sites (tertiary alicyclic amines) is 1. The van der Waals surface area contributed by atoms with Gasteiger partial charge in [0.15, 0.2) is 5.96 Å². The highest BCUT2D eigenvalue weighted by atomic mass is 16.2. The van der Waals surface area contributed by atoms with E-state index in [4.69, 9.17) is 0 Å². The average molecular weight is 210 g/mol. The molecule has 2 saturated heterocycles. The molecule has 84 valence electrons. The minimum Gasteiger partial charge on any atom is -0.341 e. The van der Waals surface area contributed by atoms with Crippen molar-refractivity contribution < 1.29 is 4.79 Å². The van der Waals surface area contributed by atoms with Gasteiger partial charge in [-0.3, -0.25) is 15.1 Å². The highest BCUT2D eigenvalue weighted by Crippen LogP contribution is 2.23. The third-order valence-corrected chi connectivity index (χ3v) is 3.02. The first-order valence-electron chi connectivity index (χ1n) is 5.49. The summed E-state index contributed by atoms with van der Waals surface area (Å²) < 4.78 is 0. The molecule has 1 spiro atoms. The third-order valence-electron chi connectivity index (χ3n) is 3.02. The molecule has 15 heavy (non-hydrogen) atoms. The predicted octanol–water partition coefficient (Wildman–Crippen LogP) is -0.454. The summed E-state index contributed by atoms with van der Waals surface area (Å²) in [6.07, 6.45) is 1.95. The van der Waals surface area contributed by atoms with E-state index < -0.39 is 5.54 Å². The summed E-state index contributed by atoms with van der Waals surface area (Å²) >= 11 is 0. The minimum absolute atomic E-state index is 0.0706. The lowest BCUT2D eigenvalue weighted by molar-refractivity contribution is -0.125. The number of rotatable bonds is 1. The third kappa shape index (κ3) is 1.84. The number of piperidine rings is 1. The first-order chi connectivity index (χ1) is 7.16. The fourth-order valence-corrected chi connectivity index (χ4v) is 2.34. The van der Waals surface area contributed by atoms with Gasteiger partial charge in [0.05, 0.1) is 0 Å². The van der Waals surface area contributed by atoms with Crippen LogP contribution in [-0.2, 0) is 4.79 Å². The van der Waals surface area contributed by atoms with Crippen molar-refractivity contribution in [2.45, 2.75) is 25.3 Å². The first kappa shape index (κ1) is 10.4. The van der Waals surface area contributed by atoms with Crippen molar-refractivity contribution in [2.75, 3.05) is 26.7 Å². The molecular formula is C10H18N4O. The van der Waals surface area contributed by atoms with Crippen molar-refractivity contribution in [1.29, 1.82) is 0 Å². The zero-order valence-electron chi connectivity index (χ0n) is 9.34. The molecule has 1 amide bonds. The maximum absolute atomic E-state index is 11.9. The molecule has 0 aliphatic carbocycles. The zero-order chi connectivity index (χ0) is 10.9. The van der Waals surface area contributed by atoms with Gasteiger partial charge in [0.2, 0.25) is 0 Å². The van der Waals surface area contributed by atoms with Gasteiger partial charge in [0.1, 0.15) is 5.54 Å². The van der Waals surface area contributed by atoms with E-state index in [0.717, 1.165) is 25.9 Å². The van der Waals surface area contributed by atoms with Gasteiger partial charge in [-0.15, -0.1) is 0 Å². The second-order valence-electron chi connectivity index (χ2n) is 4.33. The molecule has 5 nitrogen and oxygen atoms in total. The lowest BCUT2D eigenvalue weighted by Crippen LogP contribution is -2.57. The molecule has 0 aromatic carbocycles. The summed E-state index contributed by atoms with van der Waals surface area (Å²) in [5.41, 5.74) is -0.430. The predicted molar refractivity (Wildman–Crippen MR) is 58.7 cm³/mol. The summed E-state index contributed by atoms with van der Waals surface area (Å²) in [6.45, 7) is 4.48. The molecule has 2 fully saturated rings. The molecule has 2 N–H and O–H groups in total. The number of likely N-dealkylation sites (N-methyl/N-ethyl adjacent to an activating group) is 1. The number of hydrogen-bond acceptors (Lipinski definition) is 3.